The van der Waals surface area contributed by atoms with Gasteiger partial charge in [-0.2, -0.15) is 0 Å². The Morgan fingerprint density at radius 1 is 1.02 bits per heavy atom. The van der Waals surface area contributed by atoms with Crippen LogP contribution < -0.4 is 20.3 Å². The number of rotatable bonds is 13. The molecular formula is C40H50N6O6S2. The Morgan fingerprint density at radius 2 is 1.72 bits per heavy atom. The van der Waals surface area contributed by atoms with Crippen molar-refractivity contribution >= 4 is 45.5 Å². The Morgan fingerprint density at radius 3 is 2.39 bits per heavy atom. The van der Waals surface area contributed by atoms with Gasteiger partial charge in [0.25, 0.3) is 0 Å². The highest BCUT2D eigenvalue weighted by Crippen LogP contribution is 2.31. The number of morpholine rings is 1. The molecule has 0 spiro atoms. The fourth-order valence-electron chi connectivity index (χ4n) is 6.69. The van der Waals surface area contributed by atoms with E-state index in [4.69, 9.17) is 14.5 Å². The van der Waals surface area contributed by atoms with Crippen LogP contribution in [-0.4, -0.2) is 95.3 Å². The molecule has 2 aliphatic rings. The SMILES string of the molecule is Cc1ncsc1-c1ccc(C(C)NC(=O)C2CC(O)CN2C(=O)C(NC(=O)CCCOc2ccc(-c3csc(N4CCOCC4)n3)cc2)C(C)(C)C)cc1. The van der Waals surface area contributed by atoms with Crippen molar-refractivity contribution in [3.63, 3.8) is 0 Å². The summed E-state index contributed by atoms with van der Waals surface area (Å²) in [4.78, 5) is 54.7. The van der Waals surface area contributed by atoms with Crippen LogP contribution in [0.25, 0.3) is 21.7 Å². The molecule has 54 heavy (non-hydrogen) atoms. The maximum absolute atomic E-state index is 14.0. The van der Waals surface area contributed by atoms with Gasteiger partial charge < -0.3 is 35.0 Å². The molecule has 0 radical (unpaired) electrons. The van der Waals surface area contributed by atoms with Gasteiger partial charge in [0, 0.05) is 43.4 Å². The lowest BCUT2D eigenvalue weighted by molar-refractivity contribution is -0.144. The summed E-state index contributed by atoms with van der Waals surface area (Å²) in [5, 5.41) is 19.6. The predicted molar refractivity (Wildman–Crippen MR) is 212 cm³/mol. The van der Waals surface area contributed by atoms with Crippen LogP contribution in [0.3, 0.4) is 0 Å². The van der Waals surface area contributed by atoms with Crippen molar-refractivity contribution in [3.05, 3.63) is 70.7 Å². The average Bonchev–Trinajstić information content (AvgIpc) is 3.92. The maximum Gasteiger partial charge on any atom is 0.246 e. The van der Waals surface area contributed by atoms with Gasteiger partial charge in [-0.05, 0) is 61.1 Å². The summed E-state index contributed by atoms with van der Waals surface area (Å²) in [5.74, 6) is -0.325. The molecule has 0 bridgehead atoms. The van der Waals surface area contributed by atoms with Crippen molar-refractivity contribution in [2.24, 2.45) is 5.41 Å². The minimum Gasteiger partial charge on any atom is -0.494 e. The van der Waals surface area contributed by atoms with E-state index in [0.29, 0.717) is 32.0 Å². The molecule has 0 saturated carbocycles. The molecule has 2 aromatic heterocycles. The fraction of sp³-hybridized carbons (Fsp3) is 0.475. The quantitative estimate of drug-likeness (QED) is 0.148. The Balaban J connectivity index is 0.988. The molecule has 4 atom stereocenters. The molecule has 3 N–H and O–H groups in total. The number of nitrogens with one attached hydrogen (secondary N) is 2. The van der Waals surface area contributed by atoms with Crippen LogP contribution >= 0.6 is 22.7 Å². The van der Waals surface area contributed by atoms with Crippen molar-refractivity contribution < 1.29 is 29.0 Å². The lowest BCUT2D eigenvalue weighted by atomic mass is 9.85. The fourth-order valence-corrected chi connectivity index (χ4v) is 8.39. The van der Waals surface area contributed by atoms with E-state index < -0.39 is 29.5 Å². The number of aliphatic hydroxyl groups is 1. The smallest absolute Gasteiger partial charge is 0.246 e. The molecular weight excluding hydrogens is 725 g/mol. The number of benzene rings is 2. The summed E-state index contributed by atoms with van der Waals surface area (Å²) in [6.07, 6.45) is -0.120. The van der Waals surface area contributed by atoms with Crippen LogP contribution in [-0.2, 0) is 19.1 Å². The first-order chi connectivity index (χ1) is 25.9. The van der Waals surface area contributed by atoms with Gasteiger partial charge in [-0.1, -0.05) is 45.0 Å². The maximum atomic E-state index is 14.0. The first kappa shape index (κ1) is 39.3. The zero-order valence-corrected chi connectivity index (χ0v) is 33.2. The summed E-state index contributed by atoms with van der Waals surface area (Å²) in [6, 6.07) is 13.6. The number of ether oxygens (including phenoxy) is 2. The number of amides is 3. The van der Waals surface area contributed by atoms with Crippen LogP contribution in [0, 0.1) is 12.3 Å². The van der Waals surface area contributed by atoms with Gasteiger partial charge in [0.15, 0.2) is 5.13 Å². The minimum absolute atomic E-state index is 0.0147. The molecule has 4 heterocycles. The number of carbonyl (C=O) groups is 3. The molecule has 14 heteroatoms. The second-order valence-electron chi connectivity index (χ2n) is 15.0. The van der Waals surface area contributed by atoms with Crippen molar-refractivity contribution in [1.82, 2.24) is 25.5 Å². The predicted octanol–water partition coefficient (Wildman–Crippen LogP) is 5.61. The number of hydrogen-bond donors (Lipinski definition) is 3. The molecule has 2 aromatic carbocycles. The number of likely N-dealkylation sites (tertiary alicyclic amines) is 1. The minimum atomic E-state index is -0.895. The lowest BCUT2D eigenvalue weighted by Crippen LogP contribution is -2.57. The Kier molecular flexibility index (Phi) is 12.7. The number of anilines is 1. The first-order valence-electron chi connectivity index (χ1n) is 18.5. The number of aliphatic hydroxyl groups excluding tert-OH is 1. The molecule has 6 rings (SSSR count). The van der Waals surface area contributed by atoms with Gasteiger partial charge in [-0.15, -0.1) is 22.7 Å². The summed E-state index contributed by atoms with van der Waals surface area (Å²) in [5.41, 5.74) is 6.05. The largest absolute Gasteiger partial charge is 0.494 e. The Labute approximate surface area is 324 Å². The molecule has 4 unspecified atom stereocenters. The number of aromatic nitrogens is 2. The van der Waals surface area contributed by atoms with Crippen LogP contribution in [0.4, 0.5) is 5.13 Å². The lowest BCUT2D eigenvalue weighted by Gasteiger charge is -2.35. The van der Waals surface area contributed by atoms with Crippen molar-refractivity contribution in [1.29, 1.82) is 0 Å². The van der Waals surface area contributed by atoms with Crippen molar-refractivity contribution in [2.45, 2.75) is 78.1 Å². The first-order valence-corrected chi connectivity index (χ1v) is 20.2. The van der Waals surface area contributed by atoms with Crippen LogP contribution in [0.2, 0.25) is 0 Å². The highest BCUT2D eigenvalue weighted by atomic mass is 32.1. The van der Waals surface area contributed by atoms with Crippen LogP contribution in [0.15, 0.2) is 59.4 Å². The number of aryl methyl sites for hydroxylation is 1. The third-order valence-corrected chi connectivity index (χ3v) is 11.7. The highest BCUT2D eigenvalue weighted by Gasteiger charge is 2.44. The number of hydrogen-bond acceptors (Lipinski definition) is 11. The average molecular weight is 775 g/mol. The van der Waals surface area contributed by atoms with Crippen molar-refractivity contribution in [2.75, 3.05) is 44.4 Å². The number of carbonyl (C=O) groups excluding carboxylic acids is 3. The number of thiazole rings is 2. The van der Waals surface area contributed by atoms with Crippen molar-refractivity contribution in [3.8, 4) is 27.4 Å². The monoisotopic (exact) mass is 774 g/mol. The van der Waals surface area contributed by atoms with Crippen LogP contribution in [0.1, 0.15) is 64.3 Å². The molecule has 3 amide bonds. The Hall–Kier alpha value is -4.37. The van der Waals surface area contributed by atoms with E-state index >= 15 is 0 Å². The van der Waals surface area contributed by atoms with Crippen LogP contribution in [0.5, 0.6) is 5.75 Å². The van der Waals surface area contributed by atoms with Gasteiger partial charge >= 0.3 is 0 Å². The van der Waals surface area contributed by atoms with E-state index in [1.54, 1.807) is 22.7 Å². The molecule has 288 valence electrons. The molecule has 12 nitrogen and oxygen atoms in total. The third-order valence-electron chi connectivity index (χ3n) is 9.80. The van der Waals surface area contributed by atoms with Gasteiger partial charge in [0.05, 0.1) is 53.7 Å². The van der Waals surface area contributed by atoms with E-state index in [1.807, 2.05) is 88.7 Å². The normalized spacial score (nSPS) is 18.6. The number of β-amino-alcohol motifs (C(OH)–C–C–N with tert-alkyl or cyclic N) is 1. The summed E-state index contributed by atoms with van der Waals surface area (Å²) in [6.45, 7) is 13.0. The van der Waals surface area contributed by atoms with Gasteiger partial charge in [0.2, 0.25) is 17.7 Å². The second kappa shape index (κ2) is 17.4. The molecule has 4 aromatic rings. The summed E-state index contributed by atoms with van der Waals surface area (Å²) >= 11 is 3.21. The van der Waals surface area contributed by atoms with E-state index in [2.05, 4.69) is 25.9 Å². The van der Waals surface area contributed by atoms with Gasteiger partial charge in [-0.3, -0.25) is 14.4 Å². The van der Waals surface area contributed by atoms with Gasteiger partial charge in [0.1, 0.15) is 17.8 Å². The van der Waals surface area contributed by atoms with E-state index in [0.717, 1.165) is 51.2 Å². The standard InChI is InChI=1S/C40H50N6O6S2/c1-25(27-8-10-29(11-9-27)35-26(2)41-24-54-35)42-37(49)33-21-30(47)22-46(33)38(50)36(40(3,4)5)44-34(48)7-6-18-52-31-14-12-28(13-15-31)32-23-53-39(43-32)45-16-19-51-20-17-45/h8-15,23-25,30,33,36,47H,6-7,16-22H2,1-5H3,(H,42,49)(H,44,48). The molecule has 2 aliphatic heterocycles. The highest BCUT2D eigenvalue weighted by molar-refractivity contribution is 7.14. The zero-order valence-electron chi connectivity index (χ0n) is 31.5. The summed E-state index contributed by atoms with van der Waals surface area (Å²) in [7, 11) is 0. The summed E-state index contributed by atoms with van der Waals surface area (Å²) < 4.78 is 11.4. The number of nitrogens with zero attached hydrogens (tertiary/aromatic N) is 4. The molecule has 2 fully saturated rings. The van der Waals surface area contributed by atoms with E-state index in [1.165, 1.54) is 4.90 Å². The third kappa shape index (κ3) is 9.64. The molecule has 0 aliphatic carbocycles. The van der Waals surface area contributed by atoms with E-state index in [-0.39, 0.29) is 37.2 Å². The Bertz CT molecular complexity index is 1880. The molecule has 2 saturated heterocycles. The second-order valence-corrected chi connectivity index (χ2v) is 16.7. The van der Waals surface area contributed by atoms with E-state index in [9.17, 15) is 19.5 Å². The topological polar surface area (TPSA) is 146 Å². The zero-order chi connectivity index (χ0) is 38.4. The van der Waals surface area contributed by atoms with Gasteiger partial charge in [-0.25, -0.2) is 9.97 Å².